The minimum Gasteiger partial charge on any atom is -0.480 e. The van der Waals surface area contributed by atoms with Gasteiger partial charge >= 0.3 is 5.97 Å². The third kappa shape index (κ3) is 1.78. The van der Waals surface area contributed by atoms with Gasteiger partial charge in [-0.15, -0.1) is 11.3 Å². The fraction of sp³-hybridized carbons (Fsp3) is 0.154. The Labute approximate surface area is 113 Å². The van der Waals surface area contributed by atoms with Crippen molar-refractivity contribution in [3.05, 3.63) is 45.6 Å². The number of carboxylic acid groups (broad SMARTS) is 1. The molecule has 0 saturated heterocycles. The molecule has 1 N–H and O–H groups in total. The summed E-state index contributed by atoms with van der Waals surface area (Å²) in [5.41, 5.74) is 2.87. The predicted molar refractivity (Wildman–Crippen MR) is 73.0 cm³/mol. The molecular weight excluding hydrogens is 270 g/mol. The van der Waals surface area contributed by atoms with Crippen molar-refractivity contribution in [2.24, 2.45) is 0 Å². The summed E-state index contributed by atoms with van der Waals surface area (Å²) >= 11 is 7.35. The van der Waals surface area contributed by atoms with E-state index in [4.69, 9.17) is 11.6 Å². The van der Waals surface area contributed by atoms with Crippen LogP contribution in [-0.4, -0.2) is 17.1 Å². The van der Waals surface area contributed by atoms with Gasteiger partial charge in [0.2, 0.25) is 0 Å². The highest BCUT2D eigenvalue weighted by atomic mass is 35.5. The van der Waals surface area contributed by atoms with E-state index < -0.39 is 12.0 Å². The number of nitrogens with zero attached hydrogens (tertiary/aromatic N) is 1. The highest BCUT2D eigenvalue weighted by molar-refractivity contribution is 7.14. The normalized spacial score (nSPS) is 17.8. The van der Waals surface area contributed by atoms with E-state index in [0.29, 0.717) is 10.8 Å². The number of halogens is 1. The molecule has 1 aliphatic heterocycles. The van der Waals surface area contributed by atoms with E-state index in [0.717, 1.165) is 16.9 Å². The van der Waals surface area contributed by atoms with Crippen molar-refractivity contribution in [1.82, 2.24) is 0 Å². The molecule has 3 rings (SSSR count). The minimum absolute atomic E-state index is 0.527. The molecule has 92 valence electrons. The second-order valence-electron chi connectivity index (χ2n) is 4.17. The molecule has 1 aromatic carbocycles. The van der Waals surface area contributed by atoms with E-state index in [1.165, 1.54) is 11.3 Å². The number of carbonyl (C=O) groups is 1. The fourth-order valence-electron chi connectivity index (χ4n) is 2.33. The second kappa shape index (κ2) is 4.30. The first-order chi connectivity index (χ1) is 8.66. The Kier molecular flexibility index (Phi) is 2.76. The standard InChI is InChI=1S/C13H10ClNO2S/c14-12-6-9(7-18-12)15-10-4-2-1-3-8(10)5-11(15)13(16)17/h1-4,6-7,11H,5H2,(H,16,17). The summed E-state index contributed by atoms with van der Waals surface area (Å²) in [6, 6.07) is 9.03. The van der Waals surface area contributed by atoms with Gasteiger partial charge < -0.3 is 10.0 Å². The largest absolute Gasteiger partial charge is 0.480 e. The van der Waals surface area contributed by atoms with Crippen LogP contribution in [-0.2, 0) is 11.2 Å². The Morgan fingerprint density at radius 1 is 1.44 bits per heavy atom. The fourth-order valence-corrected chi connectivity index (χ4v) is 3.18. The van der Waals surface area contributed by atoms with Crippen LogP contribution in [0.3, 0.4) is 0 Å². The lowest BCUT2D eigenvalue weighted by atomic mass is 10.1. The number of benzene rings is 1. The molecule has 3 nitrogen and oxygen atoms in total. The van der Waals surface area contributed by atoms with E-state index in [-0.39, 0.29) is 0 Å². The zero-order chi connectivity index (χ0) is 12.7. The summed E-state index contributed by atoms with van der Waals surface area (Å²) in [4.78, 5) is 13.2. The lowest BCUT2D eigenvalue weighted by Crippen LogP contribution is -2.34. The van der Waals surface area contributed by atoms with Gasteiger partial charge in [-0.25, -0.2) is 4.79 Å². The molecule has 0 radical (unpaired) electrons. The van der Waals surface area contributed by atoms with Crippen LogP contribution in [0.4, 0.5) is 11.4 Å². The Morgan fingerprint density at radius 3 is 2.89 bits per heavy atom. The maximum atomic E-state index is 11.4. The minimum atomic E-state index is -0.812. The average Bonchev–Trinajstić information content (AvgIpc) is 2.92. The topological polar surface area (TPSA) is 40.5 Å². The van der Waals surface area contributed by atoms with Crippen LogP contribution in [0.15, 0.2) is 35.7 Å². The molecule has 2 aromatic rings. The third-order valence-corrected chi connectivity index (χ3v) is 4.17. The molecule has 0 amide bonds. The summed E-state index contributed by atoms with van der Waals surface area (Å²) < 4.78 is 0.665. The molecule has 5 heteroatoms. The van der Waals surface area contributed by atoms with Crippen molar-refractivity contribution in [2.75, 3.05) is 4.90 Å². The molecule has 0 spiro atoms. The van der Waals surface area contributed by atoms with Crippen LogP contribution in [0.1, 0.15) is 5.56 Å². The average molecular weight is 280 g/mol. The van der Waals surface area contributed by atoms with E-state index in [1.807, 2.05) is 40.6 Å². The number of hydrogen-bond donors (Lipinski definition) is 1. The Morgan fingerprint density at radius 2 is 2.22 bits per heavy atom. The van der Waals surface area contributed by atoms with Gasteiger partial charge in [-0.05, 0) is 17.7 Å². The molecular formula is C13H10ClNO2S. The van der Waals surface area contributed by atoms with Crippen molar-refractivity contribution < 1.29 is 9.90 Å². The van der Waals surface area contributed by atoms with Gasteiger partial charge in [0.1, 0.15) is 6.04 Å². The van der Waals surface area contributed by atoms with Gasteiger partial charge in [-0.1, -0.05) is 29.8 Å². The zero-order valence-electron chi connectivity index (χ0n) is 9.34. The Balaban J connectivity index is 2.11. The molecule has 1 unspecified atom stereocenters. The van der Waals surface area contributed by atoms with E-state index in [9.17, 15) is 9.90 Å². The second-order valence-corrected chi connectivity index (χ2v) is 5.71. The van der Waals surface area contributed by atoms with Gasteiger partial charge in [0.25, 0.3) is 0 Å². The number of carboxylic acids is 1. The van der Waals surface area contributed by atoms with Gasteiger partial charge in [-0.2, -0.15) is 0 Å². The van der Waals surface area contributed by atoms with Gasteiger partial charge in [0, 0.05) is 17.5 Å². The summed E-state index contributed by atoms with van der Waals surface area (Å²) in [6.45, 7) is 0. The number of aliphatic carboxylic acids is 1. The molecule has 18 heavy (non-hydrogen) atoms. The first-order valence-corrected chi connectivity index (χ1v) is 6.76. The molecule has 0 fully saturated rings. The number of rotatable bonds is 2. The summed E-state index contributed by atoms with van der Waals surface area (Å²) in [7, 11) is 0. The molecule has 1 atom stereocenters. The summed E-state index contributed by atoms with van der Waals surface area (Å²) in [6.07, 6.45) is 0.527. The maximum Gasteiger partial charge on any atom is 0.327 e. The van der Waals surface area contributed by atoms with Crippen LogP contribution >= 0.6 is 22.9 Å². The number of anilines is 2. The van der Waals surface area contributed by atoms with E-state index in [2.05, 4.69) is 0 Å². The van der Waals surface area contributed by atoms with Crippen LogP contribution < -0.4 is 4.90 Å². The van der Waals surface area contributed by atoms with Crippen LogP contribution in [0, 0.1) is 0 Å². The first kappa shape index (κ1) is 11.6. The summed E-state index contributed by atoms with van der Waals surface area (Å²) in [5.74, 6) is -0.812. The van der Waals surface area contributed by atoms with Crippen LogP contribution in [0.2, 0.25) is 4.34 Å². The quantitative estimate of drug-likeness (QED) is 0.914. The van der Waals surface area contributed by atoms with Crippen molar-refractivity contribution >= 4 is 40.3 Å². The molecule has 0 aliphatic carbocycles. The highest BCUT2D eigenvalue weighted by Crippen LogP contribution is 2.40. The van der Waals surface area contributed by atoms with Gasteiger partial charge in [0.05, 0.1) is 10.0 Å². The number of fused-ring (bicyclic) bond motifs is 1. The predicted octanol–water partition coefficient (Wildman–Crippen LogP) is 3.55. The van der Waals surface area contributed by atoms with Crippen molar-refractivity contribution in [2.45, 2.75) is 12.5 Å². The lowest BCUT2D eigenvalue weighted by Gasteiger charge is -2.23. The number of thiophene rings is 1. The molecule has 1 aliphatic rings. The number of para-hydroxylation sites is 1. The smallest absolute Gasteiger partial charge is 0.327 e. The third-order valence-electron chi connectivity index (χ3n) is 3.09. The van der Waals surface area contributed by atoms with Gasteiger partial charge in [-0.3, -0.25) is 0 Å². The molecule has 1 aromatic heterocycles. The Hall–Kier alpha value is -1.52. The first-order valence-electron chi connectivity index (χ1n) is 5.51. The molecule has 0 saturated carbocycles. The monoisotopic (exact) mass is 279 g/mol. The van der Waals surface area contributed by atoms with Crippen molar-refractivity contribution in [3.63, 3.8) is 0 Å². The summed E-state index contributed by atoms with van der Waals surface area (Å²) in [5, 5.41) is 11.2. The maximum absolute atomic E-state index is 11.4. The highest BCUT2D eigenvalue weighted by Gasteiger charge is 2.35. The zero-order valence-corrected chi connectivity index (χ0v) is 10.9. The molecule has 0 bridgehead atoms. The van der Waals surface area contributed by atoms with Crippen LogP contribution in [0.25, 0.3) is 0 Å². The Bertz CT molecular complexity index is 611. The van der Waals surface area contributed by atoms with Crippen LogP contribution in [0.5, 0.6) is 0 Å². The van der Waals surface area contributed by atoms with Crippen molar-refractivity contribution in [3.8, 4) is 0 Å². The number of hydrogen-bond acceptors (Lipinski definition) is 3. The molecule has 2 heterocycles. The van der Waals surface area contributed by atoms with E-state index in [1.54, 1.807) is 0 Å². The van der Waals surface area contributed by atoms with E-state index >= 15 is 0 Å². The van der Waals surface area contributed by atoms with Gasteiger partial charge in [0.15, 0.2) is 0 Å². The van der Waals surface area contributed by atoms with Crippen molar-refractivity contribution in [1.29, 1.82) is 0 Å². The SMILES string of the molecule is O=C(O)C1Cc2ccccc2N1c1csc(Cl)c1. The lowest BCUT2D eigenvalue weighted by molar-refractivity contribution is -0.138.